The molecule has 0 radical (unpaired) electrons. The highest BCUT2D eigenvalue weighted by atomic mass is 79.9. The van der Waals surface area contributed by atoms with Gasteiger partial charge in [-0.2, -0.15) is 0 Å². The standard InChI is InChI=1S/C27H21BrFN3OS2/c28-19-14-15-24(23(29)16-19)32-26(33)25(18-8-3-1-4-9-18)35-22-13-7-12-21(17-22)31-27(34)30-20-10-5-2-6-11-20/h1-17,25H,(H,32,33)(H2,30,31,34). The van der Waals surface area contributed by atoms with Gasteiger partial charge in [-0.25, -0.2) is 4.39 Å². The molecule has 0 spiro atoms. The van der Waals surface area contributed by atoms with E-state index < -0.39 is 11.1 Å². The van der Waals surface area contributed by atoms with Gasteiger partial charge in [-0.15, -0.1) is 11.8 Å². The Bertz CT molecular complexity index is 1320. The molecule has 35 heavy (non-hydrogen) atoms. The first kappa shape index (κ1) is 24.9. The van der Waals surface area contributed by atoms with Crippen molar-refractivity contribution in [3.63, 3.8) is 0 Å². The summed E-state index contributed by atoms with van der Waals surface area (Å²) in [5.41, 5.74) is 2.62. The van der Waals surface area contributed by atoms with Crippen LogP contribution in [0.1, 0.15) is 10.8 Å². The molecule has 0 fully saturated rings. The van der Waals surface area contributed by atoms with E-state index in [1.807, 2.05) is 84.9 Å². The zero-order chi connectivity index (χ0) is 24.6. The predicted molar refractivity (Wildman–Crippen MR) is 150 cm³/mol. The lowest BCUT2D eigenvalue weighted by molar-refractivity contribution is -0.115. The lowest BCUT2D eigenvalue weighted by Gasteiger charge is -2.18. The highest BCUT2D eigenvalue weighted by molar-refractivity contribution is 9.10. The maximum atomic E-state index is 14.4. The number of thiocarbonyl (C=S) groups is 1. The van der Waals surface area contributed by atoms with Crippen LogP contribution in [0.2, 0.25) is 0 Å². The lowest BCUT2D eigenvalue weighted by atomic mass is 10.1. The molecule has 1 atom stereocenters. The number of halogens is 2. The minimum Gasteiger partial charge on any atom is -0.332 e. The quantitative estimate of drug-likeness (QED) is 0.157. The van der Waals surface area contributed by atoms with Crippen molar-refractivity contribution in [2.75, 3.05) is 16.0 Å². The van der Waals surface area contributed by atoms with Crippen molar-refractivity contribution in [3.05, 3.63) is 119 Å². The minimum absolute atomic E-state index is 0.132. The molecule has 1 amide bonds. The molecular formula is C27H21BrFN3OS2. The summed E-state index contributed by atoms with van der Waals surface area (Å²) in [6.45, 7) is 0. The van der Waals surface area contributed by atoms with Gasteiger partial charge >= 0.3 is 0 Å². The monoisotopic (exact) mass is 565 g/mol. The van der Waals surface area contributed by atoms with Crippen LogP contribution in [0, 0.1) is 5.82 Å². The fraction of sp³-hybridized carbons (Fsp3) is 0.0370. The zero-order valence-corrected chi connectivity index (χ0v) is 21.6. The fourth-order valence-electron chi connectivity index (χ4n) is 3.29. The summed E-state index contributed by atoms with van der Waals surface area (Å²) in [5.74, 6) is -0.822. The number of carbonyl (C=O) groups excluding carboxylic acids is 1. The fourth-order valence-corrected chi connectivity index (χ4v) is 4.94. The zero-order valence-electron chi connectivity index (χ0n) is 18.4. The molecule has 4 aromatic carbocycles. The van der Waals surface area contributed by atoms with Crippen molar-refractivity contribution >= 4 is 68.0 Å². The van der Waals surface area contributed by atoms with Crippen LogP contribution in [0.25, 0.3) is 0 Å². The van der Waals surface area contributed by atoms with Gasteiger partial charge in [0.05, 0.1) is 5.69 Å². The Morgan fingerprint density at radius 3 is 2.17 bits per heavy atom. The Hall–Kier alpha value is -3.20. The topological polar surface area (TPSA) is 53.2 Å². The Morgan fingerprint density at radius 2 is 1.46 bits per heavy atom. The van der Waals surface area contributed by atoms with E-state index in [4.69, 9.17) is 12.2 Å². The molecule has 0 aliphatic carbocycles. The molecular weight excluding hydrogens is 545 g/mol. The molecule has 0 saturated heterocycles. The van der Waals surface area contributed by atoms with Gasteiger partial charge in [0.2, 0.25) is 5.91 Å². The number of rotatable bonds is 7. The molecule has 0 bridgehead atoms. The average Bonchev–Trinajstić information content (AvgIpc) is 2.85. The van der Waals surface area contributed by atoms with E-state index in [1.165, 1.54) is 23.9 Å². The lowest BCUT2D eigenvalue weighted by Crippen LogP contribution is -2.20. The maximum Gasteiger partial charge on any atom is 0.242 e. The predicted octanol–water partition coefficient (Wildman–Crippen LogP) is 7.87. The van der Waals surface area contributed by atoms with Crippen molar-refractivity contribution in [2.45, 2.75) is 10.1 Å². The van der Waals surface area contributed by atoms with Gasteiger partial charge in [0.25, 0.3) is 0 Å². The summed E-state index contributed by atoms with van der Waals surface area (Å²) in [7, 11) is 0. The second-order valence-corrected chi connectivity index (χ2v) is 10.00. The number of benzene rings is 4. The van der Waals surface area contributed by atoms with Gasteiger partial charge in [0.15, 0.2) is 5.11 Å². The normalized spacial score (nSPS) is 11.4. The summed E-state index contributed by atoms with van der Waals surface area (Å²) in [6.07, 6.45) is 0. The number of thioether (sulfide) groups is 1. The third-order valence-corrected chi connectivity index (χ3v) is 6.85. The van der Waals surface area contributed by atoms with E-state index in [9.17, 15) is 9.18 Å². The SMILES string of the molecule is O=C(Nc1ccc(Br)cc1F)C(Sc1cccc(NC(=S)Nc2ccccc2)c1)c1ccccc1. The number of amides is 1. The molecule has 3 N–H and O–H groups in total. The molecule has 8 heteroatoms. The molecule has 0 aliphatic heterocycles. The van der Waals surface area contributed by atoms with Gasteiger partial charge < -0.3 is 16.0 Å². The van der Waals surface area contributed by atoms with Crippen LogP contribution in [0.4, 0.5) is 21.5 Å². The van der Waals surface area contributed by atoms with Crippen molar-refractivity contribution in [3.8, 4) is 0 Å². The van der Waals surface area contributed by atoms with Crippen molar-refractivity contribution in [2.24, 2.45) is 0 Å². The first-order valence-corrected chi connectivity index (χ1v) is 12.8. The van der Waals surface area contributed by atoms with E-state index in [1.54, 1.807) is 6.07 Å². The van der Waals surface area contributed by atoms with E-state index in [-0.39, 0.29) is 11.6 Å². The Balaban J connectivity index is 1.51. The van der Waals surface area contributed by atoms with E-state index >= 15 is 0 Å². The smallest absolute Gasteiger partial charge is 0.242 e. The number of carbonyl (C=O) groups is 1. The highest BCUT2D eigenvalue weighted by Crippen LogP contribution is 2.37. The molecule has 4 aromatic rings. The largest absolute Gasteiger partial charge is 0.332 e. The Kier molecular flexibility index (Phi) is 8.52. The second kappa shape index (κ2) is 12.0. The number of anilines is 3. The van der Waals surface area contributed by atoms with E-state index in [0.717, 1.165) is 21.8 Å². The maximum absolute atomic E-state index is 14.4. The summed E-state index contributed by atoms with van der Waals surface area (Å²) in [6, 6.07) is 31.2. The van der Waals surface area contributed by atoms with E-state index in [0.29, 0.717) is 9.59 Å². The minimum atomic E-state index is -0.594. The third-order valence-electron chi connectivity index (χ3n) is 4.91. The second-order valence-electron chi connectivity index (χ2n) is 7.49. The summed E-state index contributed by atoms with van der Waals surface area (Å²) >= 11 is 10.0. The molecule has 4 nitrogen and oxygen atoms in total. The van der Waals surface area contributed by atoms with Gasteiger partial charge in [0, 0.05) is 20.7 Å². The van der Waals surface area contributed by atoms with E-state index in [2.05, 4.69) is 31.9 Å². The Morgan fingerprint density at radius 1 is 0.800 bits per heavy atom. The summed E-state index contributed by atoms with van der Waals surface area (Å²) in [4.78, 5) is 14.1. The van der Waals surface area contributed by atoms with Crippen molar-refractivity contribution in [1.29, 1.82) is 0 Å². The van der Waals surface area contributed by atoms with Crippen LogP contribution >= 0.6 is 39.9 Å². The molecule has 0 saturated carbocycles. The van der Waals surface area contributed by atoms with Crippen LogP contribution in [0.5, 0.6) is 0 Å². The first-order chi connectivity index (χ1) is 17.0. The molecule has 176 valence electrons. The van der Waals surface area contributed by atoms with Gasteiger partial charge in [-0.3, -0.25) is 4.79 Å². The molecule has 4 rings (SSSR count). The van der Waals surface area contributed by atoms with Crippen LogP contribution in [0.15, 0.2) is 112 Å². The first-order valence-electron chi connectivity index (χ1n) is 10.7. The average molecular weight is 567 g/mol. The summed E-state index contributed by atoms with van der Waals surface area (Å²) in [5, 5.41) is 8.91. The van der Waals surface area contributed by atoms with Crippen LogP contribution in [-0.2, 0) is 4.79 Å². The van der Waals surface area contributed by atoms with Crippen molar-refractivity contribution in [1.82, 2.24) is 0 Å². The number of nitrogens with one attached hydrogen (secondary N) is 3. The van der Waals surface area contributed by atoms with Crippen molar-refractivity contribution < 1.29 is 9.18 Å². The number of hydrogen-bond acceptors (Lipinski definition) is 3. The molecule has 0 aliphatic rings. The highest BCUT2D eigenvalue weighted by Gasteiger charge is 2.23. The molecule has 0 heterocycles. The third kappa shape index (κ3) is 7.14. The van der Waals surface area contributed by atoms with Crippen LogP contribution in [0.3, 0.4) is 0 Å². The van der Waals surface area contributed by atoms with Gasteiger partial charge in [-0.05, 0) is 66.3 Å². The number of para-hydroxylation sites is 1. The molecule has 1 unspecified atom stereocenters. The summed E-state index contributed by atoms with van der Waals surface area (Å²) < 4.78 is 15.0. The molecule has 0 aromatic heterocycles. The Labute approximate surface area is 221 Å². The van der Waals surface area contributed by atoms with Gasteiger partial charge in [0.1, 0.15) is 11.1 Å². The van der Waals surface area contributed by atoms with Crippen LogP contribution < -0.4 is 16.0 Å². The van der Waals surface area contributed by atoms with Crippen LogP contribution in [-0.4, -0.2) is 11.0 Å². The van der Waals surface area contributed by atoms with Gasteiger partial charge in [-0.1, -0.05) is 70.5 Å². The number of hydrogen-bond donors (Lipinski definition) is 3.